The minimum Gasteiger partial charge on any atom is -0.508 e. The van der Waals surface area contributed by atoms with E-state index in [1.165, 1.54) is 18.3 Å². The molecule has 1 aromatic carbocycles. The molecule has 2 aromatic heterocycles. The Bertz CT molecular complexity index is 2300. The number of carbonyl (C=O) groups excluding carboxylic acids is 2. The van der Waals surface area contributed by atoms with E-state index >= 15 is 0 Å². The topological polar surface area (TPSA) is 170 Å². The van der Waals surface area contributed by atoms with Gasteiger partial charge >= 0.3 is 0 Å². The lowest BCUT2D eigenvalue weighted by Gasteiger charge is -2.50. The highest BCUT2D eigenvalue weighted by atomic mass is 16.7. The molecule has 57 heavy (non-hydrogen) atoms. The highest BCUT2D eigenvalue weighted by Gasteiger charge is 2.59. The number of H-pyrrole nitrogens is 1. The third-order valence-electron chi connectivity index (χ3n) is 11.6. The Labute approximate surface area is 332 Å². The van der Waals surface area contributed by atoms with Gasteiger partial charge in [0.1, 0.15) is 29.8 Å². The van der Waals surface area contributed by atoms with E-state index < -0.39 is 53.8 Å². The van der Waals surface area contributed by atoms with Crippen molar-refractivity contribution in [2.45, 2.75) is 123 Å². The van der Waals surface area contributed by atoms with Gasteiger partial charge in [-0.15, -0.1) is 0 Å². The summed E-state index contributed by atoms with van der Waals surface area (Å²) in [5.41, 5.74) is -1.07. The van der Waals surface area contributed by atoms with E-state index in [0.717, 1.165) is 0 Å². The Morgan fingerprint density at radius 1 is 1.16 bits per heavy atom. The summed E-state index contributed by atoms with van der Waals surface area (Å²) in [6.45, 7) is 13.1. The number of aromatic amines is 1. The molecule has 4 N–H and O–H groups in total. The number of hydrogen-bond donors (Lipinski definition) is 4. The van der Waals surface area contributed by atoms with Crippen LogP contribution < -0.4 is 0 Å². The monoisotopic (exact) mass is 778 g/mol. The van der Waals surface area contributed by atoms with Gasteiger partial charge in [-0.3, -0.25) is 14.6 Å². The normalized spacial score (nSPS) is 34.2. The summed E-state index contributed by atoms with van der Waals surface area (Å²) < 4.78 is 32.2. The van der Waals surface area contributed by atoms with Gasteiger partial charge in [-0.2, -0.15) is 0 Å². The number of aliphatic hydroxyl groups excluding tert-OH is 1. The Morgan fingerprint density at radius 2 is 1.93 bits per heavy atom. The van der Waals surface area contributed by atoms with E-state index in [1.54, 1.807) is 45.0 Å². The molecular weight excluding hydrogens is 728 g/mol. The number of carbonyl (C=O) groups is 2. The maximum absolute atomic E-state index is 14.9. The van der Waals surface area contributed by atoms with Gasteiger partial charge < -0.3 is 44.0 Å². The van der Waals surface area contributed by atoms with Crippen LogP contribution in [-0.4, -0.2) is 98.3 Å². The van der Waals surface area contributed by atoms with Crippen molar-refractivity contribution in [2.75, 3.05) is 6.61 Å². The lowest BCUT2D eigenvalue weighted by atomic mass is 9.70. The number of ketones is 2. The summed E-state index contributed by atoms with van der Waals surface area (Å²) in [6, 6.07) is 6.65. The molecule has 4 heterocycles. The van der Waals surface area contributed by atoms with Gasteiger partial charge in [0.2, 0.25) is 0 Å². The van der Waals surface area contributed by atoms with Crippen molar-refractivity contribution in [3.05, 3.63) is 71.1 Å². The Balaban J connectivity index is 1.29. The summed E-state index contributed by atoms with van der Waals surface area (Å²) in [7, 11) is 0. The second-order valence-corrected chi connectivity index (χ2v) is 15.9. The number of rotatable bonds is 9. The number of aromatic hydroxyl groups is 1. The van der Waals surface area contributed by atoms with Crippen molar-refractivity contribution in [1.82, 2.24) is 9.97 Å². The zero-order chi connectivity index (χ0) is 40.8. The van der Waals surface area contributed by atoms with E-state index in [2.05, 4.69) is 33.6 Å². The fourth-order valence-corrected chi connectivity index (χ4v) is 8.28. The number of allylic oxidation sites excluding steroid dienone is 4. The smallest absolute Gasteiger partial charge is 0.194 e. The molecular formula is C45H50N2O10. The summed E-state index contributed by atoms with van der Waals surface area (Å²) in [6.07, 6.45) is -0.257. The summed E-state index contributed by atoms with van der Waals surface area (Å²) >= 11 is 0. The van der Waals surface area contributed by atoms with Crippen LogP contribution in [0, 0.1) is 35.0 Å². The van der Waals surface area contributed by atoms with Gasteiger partial charge in [0, 0.05) is 34.5 Å². The third-order valence-corrected chi connectivity index (χ3v) is 11.6. The first kappa shape index (κ1) is 40.6. The van der Waals surface area contributed by atoms with Crippen molar-refractivity contribution >= 4 is 33.4 Å². The number of nitrogens with zero attached hydrogens (tertiary/aromatic N) is 1. The van der Waals surface area contributed by atoms with Crippen LogP contribution in [0.4, 0.5) is 0 Å². The Morgan fingerprint density at radius 3 is 2.67 bits per heavy atom. The fourth-order valence-electron chi connectivity index (χ4n) is 8.28. The van der Waals surface area contributed by atoms with Crippen molar-refractivity contribution in [3.63, 3.8) is 0 Å². The maximum atomic E-state index is 14.9. The zero-order valence-electron chi connectivity index (χ0n) is 33.3. The SMILES string of the molecule is CC/C=C1\C2=C(C)C(=O)C[C@@]1(O)C#C/C=C\C#C[C@@H]2OC1OC(C)C(C)(C(=O)c2nccc3c2[nH]c2ccc(O)cc23)C(O)C1OC1CC(C)C(OC(C)C)CO1. The van der Waals surface area contributed by atoms with Gasteiger partial charge in [-0.1, -0.05) is 43.6 Å². The second-order valence-electron chi connectivity index (χ2n) is 15.9. The van der Waals surface area contributed by atoms with E-state index in [-0.39, 0.29) is 48.4 Å². The zero-order valence-corrected chi connectivity index (χ0v) is 33.3. The maximum Gasteiger partial charge on any atom is 0.194 e. The largest absolute Gasteiger partial charge is 0.508 e. The average molecular weight is 779 g/mol. The number of nitrogens with one attached hydrogen (secondary N) is 1. The van der Waals surface area contributed by atoms with Crippen LogP contribution in [0.5, 0.6) is 5.75 Å². The van der Waals surface area contributed by atoms with Crippen molar-refractivity contribution in [3.8, 4) is 29.4 Å². The molecule has 2 bridgehead atoms. The molecule has 0 spiro atoms. The van der Waals surface area contributed by atoms with Crippen molar-refractivity contribution < 1.29 is 48.6 Å². The highest BCUT2D eigenvalue weighted by molar-refractivity contribution is 6.16. The molecule has 2 fully saturated rings. The lowest BCUT2D eigenvalue weighted by Crippen LogP contribution is -2.65. The van der Waals surface area contributed by atoms with Crippen LogP contribution in [-0.2, 0) is 28.5 Å². The van der Waals surface area contributed by atoms with Gasteiger partial charge in [0.15, 0.2) is 29.7 Å². The first-order valence-electron chi connectivity index (χ1n) is 19.6. The Kier molecular flexibility index (Phi) is 11.4. The third kappa shape index (κ3) is 7.48. The minimum absolute atomic E-state index is 0.00738. The van der Waals surface area contributed by atoms with Crippen LogP contribution in [0.2, 0.25) is 0 Å². The first-order chi connectivity index (χ1) is 27.2. The molecule has 0 radical (unpaired) electrons. The minimum atomic E-state index is -1.79. The standard InChI is InChI=1S/C45H50N2O10/c1-8-13-31-37-26(5)33(49)22-45(31,52)18-12-10-9-11-14-34(37)56-43-40(57-36-20-25(4)35(23-53-36)54-24(2)3)42(51)44(7,27(6)55-43)41(50)39-38-29(17-19-46-39)30-21-28(48)15-16-32(30)47-38/h9-10,13,15-17,19,21,24-25,27,34-36,40,42-43,47-48,51-52H,8,20,22-23H2,1-7H3/b10-9-,31-13+/t25?,27?,34-,35?,36?,40?,42?,43?,44?,45-/m0/s1. The molecule has 0 saturated carbocycles. The average Bonchev–Trinajstić information content (AvgIpc) is 3.54. The number of ether oxygens (including phenoxy) is 5. The fraction of sp³-hybridized carbons (Fsp3) is 0.489. The van der Waals surface area contributed by atoms with Gasteiger partial charge in [0.25, 0.3) is 0 Å². The number of aromatic nitrogens is 2. The van der Waals surface area contributed by atoms with Crippen molar-refractivity contribution in [1.29, 1.82) is 0 Å². The Hall–Kier alpha value is -4.63. The number of fused-ring (bicyclic) bond motifs is 5. The number of Topliss-reactive ketones (excluding diaryl/α,β-unsaturated/α-hetero) is 2. The molecule has 2 aliphatic heterocycles. The highest BCUT2D eigenvalue weighted by Crippen LogP contribution is 2.45. The predicted octanol–water partition coefficient (Wildman–Crippen LogP) is 5.60. The molecule has 3 aromatic rings. The predicted molar refractivity (Wildman–Crippen MR) is 212 cm³/mol. The molecule has 12 heteroatoms. The van der Waals surface area contributed by atoms with E-state index in [1.807, 2.05) is 33.8 Å². The van der Waals surface area contributed by atoms with E-state index in [9.17, 15) is 24.9 Å². The van der Waals surface area contributed by atoms with Gasteiger partial charge in [0.05, 0.1) is 42.3 Å². The molecule has 10 atom stereocenters. The van der Waals surface area contributed by atoms with Gasteiger partial charge in [-0.05, 0) is 94.5 Å². The number of phenolic OH excluding ortho intramolecular Hbond substituents is 1. The molecule has 12 nitrogen and oxygen atoms in total. The van der Waals surface area contributed by atoms with Crippen LogP contribution in [0.3, 0.4) is 0 Å². The van der Waals surface area contributed by atoms with Crippen LogP contribution in [0.15, 0.2) is 65.4 Å². The number of benzene rings is 1. The van der Waals surface area contributed by atoms with E-state index in [0.29, 0.717) is 51.4 Å². The summed E-state index contributed by atoms with van der Waals surface area (Å²) in [5.74, 6) is 11.0. The molecule has 2 saturated heterocycles. The van der Waals surface area contributed by atoms with Crippen molar-refractivity contribution in [2.24, 2.45) is 11.3 Å². The summed E-state index contributed by atoms with van der Waals surface area (Å²) in [4.78, 5) is 36.2. The van der Waals surface area contributed by atoms with Crippen LogP contribution in [0.25, 0.3) is 21.8 Å². The molecule has 4 aliphatic rings. The quantitative estimate of drug-likeness (QED) is 0.158. The van der Waals surface area contributed by atoms with E-state index in [4.69, 9.17) is 23.7 Å². The summed E-state index contributed by atoms with van der Waals surface area (Å²) in [5, 5.41) is 36.0. The van der Waals surface area contributed by atoms with Crippen LogP contribution in [0.1, 0.15) is 78.2 Å². The molecule has 8 unspecified atom stereocenters. The number of aliphatic hydroxyl groups is 2. The number of phenols is 1. The number of pyridine rings is 1. The second kappa shape index (κ2) is 16.0. The first-order valence-corrected chi connectivity index (χ1v) is 19.6. The molecule has 7 rings (SSSR count). The molecule has 0 amide bonds. The molecule has 2 aliphatic carbocycles. The lowest BCUT2D eigenvalue weighted by molar-refractivity contribution is -0.341. The molecule has 300 valence electrons. The van der Waals surface area contributed by atoms with Crippen LogP contribution >= 0.6 is 0 Å². The number of hydrogen-bond acceptors (Lipinski definition) is 11. The van der Waals surface area contributed by atoms with Gasteiger partial charge in [-0.25, -0.2) is 0 Å².